The number of nitrogens with zero attached hydrogens (tertiary/aromatic N) is 2. The second-order valence-corrected chi connectivity index (χ2v) is 7.66. The van der Waals surface area contributed by atoms with Gasteiger partial charge in [0.15, 0.2) is 0 Å². The van der Waals surface area contributed by atoms with Gasteiger partial charge in [-0.05, 0) is 23.8 Å². The molecule has 2 aromatic heterocycles. The van der Waals surface area contributed by atoms with Gasteiger partial charge < -0.3 is 4.57 Å². The highest BCUT2D eigenvalue weighted by Gasteiger charge is 2.19. The van der Waals surface area contributed by atoms with Gasteiger partial charge in [0.1, 0.15) is 0 Å². The monoisotopic (exact) mass is 396 g/mol. The van der Waals surface area contributed by atoms with Crippen LogP contribution >= 0.6 is 0 Å². The van der Waals surface area contributed by atoms with Gasteiger partial charge in [0, 0.05) is 28.1 Å². The van der Waals surface area contributed by atoms with E-state index in [0.717, 1.165) is 16.9 Å². The molecule has 0 radical (unpaired) electrons. The third-order valence-corrected chi connectivity index (χ3v) is 5.86. The molecule has 0 atom stereocenters. The van der Waals surface area contributed by atoms with Crippen molar-refractivity contribution in [3.05, 3.63) is 121 Å². The van der Waals surface area contributed by atoms with Gasteiger partial charge in [-0.15, -0.1) is 0 Å². The Kier molecular flexibility index (Phi) is 4.14. The minimum absolute atomic E-state index is 0.980. The molecule has 4 aromatic carbocycles. The molecule has 0 aliphatic carbocycles. The van der Waals surface area contributed by atoms with E-state index in [1.807, 2.05) is 12.3 Å². The minimum Gasteiger partial charge on any atom is -0.306 e. The fourth-order valence-corrected chi connectivity index (χ4v) is 4.50. The van der Waals surface area contributed by atoms with Gasteiger partial charge in [0.2, 0.25) is 0 Å². The SMILES string of the molecule is c1ccc(-c2ccnc(-c3ccccc3)c2-n2c3ccccc3c3ccccc32)cc1. The van der Waals surface area contributed by atoms with Gasteiger partial charge in [-0.2, -0.15) is 0 Å². The van der Waals surface area contributed by atoms with E-state index < -0.39 is 0 Å². The van der Waals surface area contributed by atoms with Crippen LogP contribution in [0.5, 0.6) is 0 Å². The number of fused-ring (bicyclic) bond motifs is 3. The van der Waals surface area contributed by atoms with Crippen molar-refractivity contribution in [1.82, 2.24) is 9.55 Å². The van der Waals surface area contributed by atoms with Crippen LogP contribution in [0.3, 0.4) is 0 Å². The lowest BCUT2D eigenvalue weighted by Gasteiger charge is -2.18. The Morgan fingerprint density at radius 3 is 1.61 bits per heavy atom. The van der Waals surface area contributed by atoms with Crippen molar-refractivity contribution in [2.24, 2.45) is 0 Å². The molecular weight excluding hydrogens is 376 g/mol. The molecular formula is C29H20N2. The third-order valence-electron chi connectivity index (χ3n) is 5.86. The van der Waals surface area contributed by atoms with Crippen LogP contribution in [0.1, 0.15) is 0 Å². The maximum absolute atomic E-state index is 4.88. The Bertz CT molecular complexity index is 1400. The van der Waals surface area contributed by atoms with E-state index in [1.165, 1.54) is 32.9 Å². The lowest BCUT2D eigenvalue weighted by molar-refractivity contribution is 1.15. The van der Waals surface area contributed by atoms with E-state index >= 15 is 0 Å². The molecule has 2 heteroatoms. The number of para-hydroxylation sites is 2. The first-order valence-corrected chi connectivity index (χ1v) is 10.5. The van der Waals surface area contributed by atoms with Gasteiger partial charge in [-0.25, -0.2) is 0 Å². The zero-order valence-electron chi connectivity index (χ0n) is 16.9. The molecule has 0 saturated carbocycles. The molecule has 0 fully saturated rings. The maximum atomic E-state index is 4.88. The smallest absolute Gasteiger partial charge is 0.0948 e. The Morgan fingerprint density at radius 1 is 0.484 bits per heavy atom. The predicted octanol–water partition coefficient (Wildman–Crippen LogP) is 7.51. The molecule has 2 nitrogen and oxygen atoms in total. The van der Waals surface area contributed by atoms with E-state index in [9.17, 15) is 0 Å². The van der Waals surface area contributed by atoms with Gasteiger partial charge >= 0.3 is 0 Å². The first-order chi connectivity index (χ1) is 15.4. The zero-order chi connectivity index (χ0) is 20.6. The van der Waals surface area contributed by atoms with Gasteiger partial charge in [-0.1, -0.05) is 97.1 Å². The molecule has 0 aliphatic heterocycles. The number of hydrogen-bond acceptors (Lipinski definition) is 1. The first kappa shape index (κ1) is 17.7. The molecule has 0 N–H and O–H groups in total. The molecule has 0 aliphatic rings. The Balaban J connectivity index is 1.81. The molecule has 0 amide bonds. The number of aromatic nitrogens is 2. The first-order valence-electron chi connectivity index (χ1n) is 10.5. The highest BCUT2D eigenvalue weighted by atomic mass is 15.0. The summed E-state index contributed by atoms with van der Waals surface area (Å²) in [6.07, 6.45) is 1.92. The molecule has 0 unspecified atom stereocenters. The third kappa shape index (κ3) is 2.84. The highest BCUT2D eigenvalue weighted by Crippen LogP contribution is 2.39. The van der Waals surface area contributed by atoms with Crippen molar-refractivity contribution < 1.29 is 0 Å². The van der Waals surface area contributed by atoms with E-state index in [-0.39, 0.29) is 0 Å². The summed E-state index contributed by atoms with van der Waals surface area (Å²) in [5.41, 5.74) is 7.92. The van der Waals surface area contributed by atoms with Gasteiger partial charge in [0.25, 0.3) is 0 Å². The standard InChI is InChI=1S/C29H20N2/c1-3-11-21(12-4-1)23-19-20-30-28(22-13-5-2-6-14-22)29(23)31-26-17-9-7-15-24(26)25-16-8-10-18-27(25)31/h1-20H. The zero-order valence-corrected chi connectivity index (χ0v) is 16.9. The highest BCUT2D eigenvalue weighted by molar-refractivity contribution is 6.10. The summed E-state index contributed by atoms with van der Waals surface area (Å²) < 4.78 is 2.38. The second-order valence-electron chi connectivity index (χ2n) is 7.66. The van der Waals surface area contributed by atoms with Crippen LogP contribution in [0.25, 0.3) is 49.9 Å². The van der Waals surface area contributed by atoms with Crippen molar-refractivity contribution in [3.63, 3.8) is 0 Å². The summed E-state index contributed by atoms with van der Waals surface area (Å²) in [6.45, 7) is 0. The van der Waals surface area contributed by atoms with Crippen LogP contribution in [0.4, 0.5) is 0 Å². The van der Waals surface area contributed by atoms with Gasteiger partial charge in [0.05, 0.1) is 22.4 Å². The van der Waals surface area contributed by atoms with E-state index in [1.54, 1.807) is 0 Å². The van der Waals surface area contributed by atoms with E-state index in [4.69, 9.17) is 4.98 Å². The predicted molar refractivity (Wildman–Crippen MR) is 129 cm³/mol. The summed E-state index contributed by atoms with van der Waals surface area (Å²) in [7, 11) is 0. The van der Waals surface area contributed by atoms with Crippen LogP contribution in [0.2, 0.25) is 0 Å². The molecule has 0 saturated heterocycles. The van der Waals surface area contributed by atoms with Crippen LogP contribution in [-0.2, 0) is 0 Å². The Morgan fingerprint density at radius 2 is 1.00 bits per heavy atom. The molecule has 146 valence electrons. The number of hydrogen-bond donors (Lipinski definition) is 0. The summed E-state index contributed by atoms with van der Waals surface area (Å²) in [5, 5.41) is 2.50. The minimum atomic E-state index is 0.980. The Hall–Kier alpha value is -4.17. The molecule has 31 heavy (non-hydrogen) atoms. The molecule has 2 heterocycles. The number of benzene rings is 4. The molecule has 6 rings (SSSR count). The average molecular weight is 396 g/mol. The van der Waals surface area contributed by atoms with Crippen molar-refractivity contribution in [2.75, 3.05) is 0 Å². The summed E-state index contributed by atoms with van der Waals surface area (Å²) in [6, 6.07) is 40.4. The summed E-state index contributed by atoms with van der Waals surface area (Å²) in [5.74, 6) is 0. The van der Waals surface area contributed by atoms with Crippen molar-refractivity contribution >= 4 is 21.8 Å². The molecule has 0 spiro atoms. The van der Waals surface area contributed by atoms with Gasteiger partial charge in [-0.3, -0.25) is 4.98 Å². The molecule has 6 aromatic rings. The van der Waals surface area contributed by atoms with Crippen LogP contribution in [-0.4, -0.2) is 9.55 Å². The van der Waals surface area contributed by atoms with Crippen molar-refractivity contribution in [2.45, 2.75) is 0 Å². The topological polar surface area (TPSA) is 17.8 Å². The van der Waals surface area contributed by atoms with Crippen LogP contribution in [0, 0.1) is 0 Å². The average Bonchev–Trinajstić information content (AvgIpc) is 3.19. The lowest BCUT2D eigenvalue weighted by atomic mass is 10.00. The Labute approximate surface area is 181 Å². The van der Waals surface area contributed by atoms with E-state index in [0.29, 0.717) is 0 Å². The maximum Gasteiger partial charge on any atom is 0.0948 e. The number of rotatable bonds is 3. The summed E-state index contributed by atoms with van der Waals surface area (Å²) in [4.78, 5) is 4.88. The number of pyridine rings is 1. The van der Waals surface area contributed by atoms with Crippen molar-refractivity contribution in [1.29, 1.82) is 0 Å². The fraction of sp³-hybridized carbons (Fsp3) is 0. The van der Waals surface area contributed by atoms with Crippen molar-refractivity contribution in [3.8, 4) is 28.1 Å². The normalized spacial score (nSPS) is 11.2. The van der Waals surface area contributed by atoms with Crippen LogP contribution in [0.15, 0.2) is 121 Å². The quantitative estimate of drug-likeness (QED) is 0.303. The lowest BCUT2D eigenvalue weighted by Crippen LogP contribution is -2.02. The fourth-order valence-electron chi connectivity index (χ4n) is 4.50. The largest absolute Gasteiger partial charge is 0.306 e. The van der Waals surface area contributed by atoms with Crippen LogP contribution < -0.4 is 0 Å². The summed E-state index contributed by atoms with van der Waals surface area (Å²) >= 11 is 0. The molecule has 0 bridgehead atoms. The second kappa shape index (κ2) is 7.26. The van der Waals surface area contributed by atoms with E-state index in [2.05, 4.69) is 114 Å².